The van der Waals surface area contributed by atoms with Crippen LogP contribution in [-0.4, -0.2) is 9.38 Å². The molecular formula is C13H10N2OS. The van der Waals surface area contributed by atoms with Gasteiger partial charge in [0, 0.05) is 23.2 Å². The summed E-state index contributed by atoms with van der Waals surface area (Å²) >= 11 is 1.47. The summed E-state index contributed by atoms with van der Waals surface area (Å²) in [5.41, 5.74) is 2.87. The summed E-state index contributed by atoms with van der Waals surface area (Å²) in [6.07, 6.45) is 1.74. The van der Waals surface area contributed by atoms with Gasteiger partial charge in [-0.3, -0.25) is 9.20 Å². The third kappa shape index (κ3) is 1.76. The van der Waals surface area contributed by atoms with Crippen LogP contribution in [0.25, 0.3) is 16.2 Å². The van der Waals surface area contributed by atoms with Gasteiger partial charge in [0.05, 0.1) is 5.69 Å². The highest BCUT2D eigenvalue weighted by molar-refractivity contribution is 7.15. The zero-order valence-corrected chi connectivity index (χ0v) is 10.1. The SMILES string of the molecule is Cc1ccc(-c2cc(=O)n3ccsc3n2)cc1. The van der Waals surface area contributed by atoms with Gasteiger partial charge in [-0.2, -0.15) is 0 Å². The Morgan fingerprint density at radius 3 is 2.76 bits per heavy atom. The van der Waals surface area contributed by atoms with Crippen LogP contribution in [0.4, 0.5) is 0 Å². The molecule has 0 spiro atoms. The largest absolute Gasteiger partial charge is 0.269 e. The number of hydrogen-bond acceptors (Lipinski definition) is 3. The van der Waals surface area contributed by atoms with Crippen LogP contribution in [0.15, 0.2) is 46.7 Å². The molecule has 17 heavy (non-hydrogen) atoms. The van der Waals surface area contributed by atoms with Crippen molar-refractivity contribution in [3.8, 4) is 11.3 Å². The molecule has 3 aromatic rings. The van der Waals surface area contributed by atoms with Crippen molar-refractivity contribution < 1.29 is 0 Å². The maximum absolute atomic E-state index is 11.8. The molecule has 4 heteroatoms. The molecule has 0 N–H and O–H groups in total. The molecule has 0 bridgehead atoms. The average Bonchev–Trinajstić information content (AvgIpc) is 2.78. The molecule has 2 aromatic heterocycles. The van der Waals surface area contributed by atoms with E-state index in [1.807, 2.05) is 36.6 Å². The minimum atomic E-state index is -0.0353. The Hall–Kier alpha value is -1.94. The smallest absolute Gasteiger partial charge is 0.259 e. The Morgan fingerprint density at radius 1 is 1.24 bits per heavy atom. The van der Waals surface area contributed by atoms with Crippen LogP contribution in [-0.2, 0) is 0 Å². The highest BCUT2D eigenvalue weighted by atomic mass is 32.1. The van der Waals surface area contributed by atoms with E-state index in [-0.39, 0.29) is 5.56 Å². The van der Waals surface area contributed by atoms with E-state index in [9.17, 15) is 4.79 Å². The number of thiazole rings is 1. The van der Waals surface area contributed by atoms with E-state index >= 15 is 0 Å². The van der Waals surface area contributed by atoms with E-state index in [1.165, 1.54) is 16.9 Å². The van der Waals surface area contributed by atoms with E-state index in [1.54, 1.807) is 16.7 Å². The summed E-state index contributed by atoms with van der Waals surface area (Å²) in [6.45, 7) is 2.04. The van der Waals surface area contributed by atoms with E-state index in [2.05, 4.69) is 4.98 Å². The predicted octanol–water partition coefficient (Wildman–Crippen LogP) is 2.73. The number of rotatable bonds is 1. The van der Waals surface area contributed by atoms with Gasteiger partial charge in [0.1, 0.15) is 0 Å². The molecule has 0 aliphatic heterocycles. The van der Waals surface area contributed by atoms with Crippen LogP contribution in [0.5, 0.6) is 0 Å². The second kappa shape index (κ2) is 3.82. The molecule has 0 fully saturated rings. The Balaban J connectivity index is 2.23. The van der Waals surface area contributed by atoms with Crippen LogP contribution >= 0.6 is 11.3 Å². The molecule has 0 saturated carbocycles. The number of hydrogen-bond donors (Lipinski definition) is 0. The van der Waals surface area contributed by atoms with E-state index < -0.39 is 0 Å². The summed E-state index contributed by atoms with van der Waals surface area (Å²) < 4.78 is 1.56. The molecule has 3 nitrogen and oxygen atoms in total. The summed E-state index contributed by atoms with van der Waals surface area (Å²) in [5, 5.41) is 1.86. The van der Waals surface area contributed by atoms with Crippen molar-refractivity contribution in [3.63, 3.8) is 0 Å². The topological polar surface area (TPSA) is 34.4 Å². The van der Waals surface area contributed by atoms with Crippen LogP contribution in [0.1, 0.15) is 5.56 Å². The maximum atomic E-state index is 11.8. The summed E-state index contributed by atoms with van der Waals surface area (Å²) in [4.78, 5) is 17.0. The van der Waals surface area contributed by atoms with Gasteiger partial charge in [-0.05, 0) is 6.92 Å². The second-order valence-corrected chi connectivity index (χ2v) is 4.77. The van der Waals surface area contributed by atoms with Gasteiger partial charge in [-0.1, -0.05) is 29.8 Å². The molecule has 0 atom stereocenters. The number of fused-ring (bicyclic) bond motifs is 1. The fourth-order valence-electron chi connectivity index (χ4n) is 1.71. The molecule has 0 aliphatic rings. The zero-order valence-electron chi connectivity index (χ0n) is 9.25. The van der Waals surface area contributed by atoms with Gasteiger partial charge in [-0.15, -0.1) is 11.3 Å². The Bertz CT molecular complexity index is 725. The third-order valence-electron chi connectivity index (χ3n) is 2.65. The van der Waals surface area contributed by atoms with Crippen LogP contribution in [0, 0.1) is 6.92 Å². The normalized spacial score (nSPS) is 10.9. The highest BCUT2D eigenvalue weighted by Crippen LogP contribution is 2.18. The number of nitrogens with zero attached hydrogens (tertiary/aromatic N) is 2. The first-order chi connectivity index (χ1) is 8.24. The monoisotopic (exact) mass is 242 g/mol. The maximum Gasteiger partial charge on any atom is 0.259 e. The standard InChI is InChI=1S/C13H10N2OS/c1-9-2-4-10(5-3-9)11-8-12(16)15-6-7-17-13(15)14-11/h2-8H,1H3. The van der Waals surface area contributed by atoms with Crippen molar-refractivity contribution in [2.45, 2.75) is 6.92 Å². The van der Waals surface area contributed by atoms with Gasteiger partial charge in [-0.25, -0.2) is 4.98 Å². The van der Waals surface area contributed by atoms with Gasteiger partial charge in [0.15, 0.2) is 4.96 Å². The van der Waals surface area contributed by atoms with Crippen molar-refractivity contribution in [3.05, 3.63) is 57.8 Å². The molecule has 1 aromatic carbocycles. The van der Waals surface area contributed by atoms with Crippen molar-refractivity contribution in [1.29, 1.82) is 0 Å². The lowest BCUT2D eigenvalue weighted by Gasteiger charge is -2.01. The molecule has 0 amide bonds. The number of aromatic nitrogens is 2. The highest BCUT2D eigenvalue weighted by Gasteiger charge is 2.04. The first kappa shape index (κ1) is 10.2. The van der Waals surface area contributed by atoms with E-state index in [0.29, 0.717) is 0 Å². The molecule has 0 unspecified atom stereocenters. The summed E-state index contributed by atoms with van der Waals surface area (Å²) in [7, 11) is 0. The second-order valence-electron chi connectivity index (χ2n) is 3.90. The molecular weight excluding hydrogens is 232 g/mol. The molecule has 2 heterocycles. The molecule has 84 valence electrons. The minimum Gasteiger partial charge on any atom is -0.269 e. The molecule has 0 saturated heterocycles. The zero-order chi connectivity index (χ0) is 11.8. The summed E-state index contributed by atoms with van der Waals surface area (Å²) in [6, 6.07) is 9.59. The van der Waals surface area contributed by atoms with Crippen molar-refractivity contribution in [1.82, 2.24) is 9.38 Å². The molecule has 0 radical (unpaired) electrons. The van der Waals surface area contributed by atoms with E-state index in [0.717, 1.165) is 16.2 Å². The third-order valence-corrected chi connectivity index (χ3v) is 3.41. The quantitative estimate of drug-likeness (QED) is 0.657. The fraction of sp³-hybridized carbons (Fsp3) is 0.0769. The molecule has 0 aliphatic carbocycles. The number of benzene rings is 1. The lowest BCUT2D eigenvalue weighted by Crippen LogP contribution is -2.11. The number of aryl methyl sites for hydroxylation is 1. The average molecular weight is 242 g/mol. The minimum absolute atomic E-state index is 0.0353. The lowest BCUT2D eigenvalue weighted by molar-refractivity contribution is 1.08. The summed E-state index contributed by atoms with van der Waals surface area (Å²) in [5.74, 6) is 0. The van der Waals surface area contributed by atoms with Crippen molar-refractivity contribution in [2.75, 3.05) is 0 Å². The predicted molar refractivity (Wildman–Crippen MR) is 69.5 cm³/mol. The van der Waals surface area contributed by atoms with Gasteiger partial charge in [0.2, 0.25) is 0 Å². The van der Waals surface area contributed by atoms with Gasteiger partial charge < -0.3 is 0 Å². The van der Waals surface area contributed by atoms with Crippen LogP contribution in [0.3, 0.4) is 0 Å². The van der Waals surface area contributed by atoms with Crippen molar-refractivity contribution in [2.24, 2.45) is 0 Å². The first-order valence-electron chi connectivity index (χ1n) is 5.28. The Morgan fingerprint density at radius 2 is 2.00 bits per heavy atom. The molecule has 3 rings (SSSR count). The Kier molecular flexibility index (Phi) is 2.30. The van der Waals surface area contributed by atoms with Crippen LogP contribution in [0.2, 0.25) is 0 Å². The van der Waals surface area contributed by atoms with E-state index in [4.69, 9.17) is 0 Å². The lowest BCUT2D eigenvalue weighted by atomic mass is 10.1. The fourth-order valence-corrected chi connectivity index (χ4v) is 2.43. The first-order valence-corrected chi connectivity index (χ1v) is 6.16. The van der Waals surface area contributed by atoms with Crippen molar-refractivity contribution >= 4 is 16.3 Å². The Labute approximate surface area is 102 Å². The van der Waals surface area contributed by atoms with Gasteiger partial charge in [0.25, 0.3) is 5.56 Å². The van der Waals surface area contributed by atoms with Crippen LogP contribution < -0.4 is 5.56 Å². The van der Waals surface area contributed by atoms with Gasteiger partial charge >= 0.3 is 0 Å².